The fraction of sp³-hybridized carbons (Fsp3) is 0.375. The number of aliphatic carboxylic acids is 1. The van der Waals surface area contributed by atoms with Gasteiger partial charge >= 0.3 is 12.1 Å². The van der Waals surface area contributed by atoms with E-state index < -0.39 is 18.0 Å². The topological polar surface area (TPSA) is 105 Å². The molecule has 4 rings (SSSR count). The molecule has 2 amide bonds. The number of benzene rings is 2. The van der Waals surface area contributed by atoms with Crippen LogP contribution in [0.25, 0.3) is 11.1 Å². The van der Waals surface area contributed by atoms with Crippen LogP contribution in [0.4, 0.5) is 4.79 Å². The predicted octanol–water partition coefficient (Wildman–Crippen LogP) is 3.28. The first-order valence-corrected chi connectivity index (χ1v) is 10.7. The maximum atomic E-state index is 12.1. The number of carboxylic acids is 1. The summed E-state index contributed by atoms with van der Waals surface area (Å²) in [6.45, 7) is 0.349. The molecule has 3 N–H and O–H groups in total. The molecule has 0 heterocycles. The van der Waals surface area contributed by atoms with Gasteiger partial charge < -0.3 is 20.5 Å². The highest BCUT2D eigenvalue weighted by Gasteiger charge is 2.33. The highest BCUT2D eigenvalue weighted by molar-refractivity contribution is 5.80. The summed E-state index contributed by atoms with van der Waals surface area (Å²) >= 11 is 0. The van der Waals surface area contributed by atoms with E-state index in [4.69, 9.17) is 4.74 Å². The minimum Gasteiger partial charge on any atom is -0.481 e. The van der Waals surface area contributed by atoms with Crippen molar-refractivity contribution in [3.8, 4) is 11.1 Å². The Morgan fingerprint density at radius 2 is 1.61 bits per heavy atom. The van der Waals surface area contributed by atoms with Crippen molar-refractivity contribution < 1.29 is 24.2 Å². The molecule has 162 valence electrons. The van der Waals surface area contributed by atoms with Crippen LogP contribution in [0.3, 0.4) is 0 Å². The molecule has 2 aromatic rings. The second kappa shape index (κ2) is 9.20. The zero-order valence-corrected chi connectivity index (χ0v) is 17.2. The van der Waals surface area contributed by atoms with Crippen molar-refractivity contribution in [1.82, 2.24) is 10.6 Å². The average molecular weight is 422 g/mol. The summed E-state index contributed by atoms with van der Waals surface area (Å²) in [6.07, 6.45) is 1.55. The number of carbonyl (C=O) groups is 3. The first-order valence-electron chi connectivity index (χ1n) is 10.7. The van der Waals surface area contributed by atoms with Gasteiger partial charge in [0, 0.05) is 24.9 Å². The summed E-state index contributed by atoms with van der Waals surface area (Å²) in [6, 6.07) is 15.9. The van der Waals surface area contributed by atoms with E-state index in [1.54, 1.807) is 0 Å². The van der Waals surface area contributed by atoms with Crippen molar-refractivity contribution >= 4 is 18.0 Å². The lowest BCUT2D eigenvalue weighted by molar-refractivity contribution is -0.142. The van der Waals surface area contributed by atoms with Crippen molar-refractivity contribution in [2.75, 3.05) is 13.2 Å². The van der Waals surface area contributed by atoms with Crippen LogP contribution in [0.15, 0.2) is 48.5 Å². The van der Waals surface area contributed by atoms with Crippen molar-refractivity contribution in [3.63, 3.8) is 0 Å². The van der Waals surface area contributed by atoms with Crippen LogP contribution < -0.4 is 10.6 Å². The van der Waals surface area contributed by atoms with E-state index in [1.165, 1.54) is 0 Å². The van der Waals surface area contributed by atoms with Gasteiger partial charge in [-0.2, -0.15) is 0 Å². The molecular formula is C24H26N2O5. The number of ether oxygens (including phenoxy) is 1. The van der Waals surface area contributed by atoms with Crippen molar-refractivity contribution in [3.05, 3.63) is 59.7 Å². The van der Waals surface area contributed by atoms with Crippen molar-refractivity contribution in [1.29, 1.82) is 0 Å². The lowest BCUT2D eigenvalue weighted by Gasteiger charge is -2.17. The number of rotatable bonds is 7. The average Bonchev–Trinajstić information content (AvgIpc) is 3.35. The molecule has 7 nitrogen and oxygen atoms in total. The molecule has 2 atom stereocenters. The monoisotopic (exact) mass is 422 g/mol. The van der Waals surface area contributed by atoms with Gasteiger partial charge in [0.2, 0.25) is 5.91 Å². The van der Waals surface area contributed by atoms with E-state index in [0.29, 0.717) is 12.8 Å². The molecular weight excluding hydrogens is 396 g/mol. The molecule has 0 aromatic heterocycles. The van der Waals surface area contributed by atoms with Gasteiger partial charge in [0.1, 0.15) is 6.61 Å². The summed E-state index contributed by atoms with van der Waals surface area (Å²) in [5, 5.41) is 14.6. The Kier molecular flexibility index (Phi) is 6.21. The summed E-state index contributed by atoms with van der Waals surface area (Å²) in [7, 11) is 0. The second-order valence-electron chi connectivity index (χ2n) is 8.05. The van der Waals surface area contributed by atoms with Crippen LogP contribution in [0, 0.1) is 5.92 Å². The van der Waals surface area contributed by atoms with Gasteiger partial charge in [-0.3, -0.25) is 9.59 Å². The molecule has 0 aliphatic heterocycles. The Morgan fingerprint density at radius 3 is 2.26 bits per heavy atom. The third-order valence-corrected chi connectivity index (χ3v) is 6.14. The van der Waals surface area contributed by atoms with Crippen LogP contribution in [-0.2, 0) is 14.3 Å². The molecule has 0 radical (unpaired) electrons. The third kappa shape index (κ3) is 4.55. The molecule has 2 aliphatic rings. The lowest BCUT2D eigenvalue weighted by atomic mass is 9.98. The molecule has 0 unspecified atom stereocenters. The number of amides is 2. The standard InChI is InChI=1S/C24H26N2O5/c27-22(26-21-11-5-10-19(21)23(28)29)12-13-25-24(30)31-14-20-17-8-3-1-6-15(17)16-7-2-4-9-18(16)20/h1-4,6-9,19-21H,5,10-14H2,(H,25,30)(H,26,27)(H,28,29)/t19-,21+/m0/s1. The molecule has 2 aliphatic carbocycles. The Hall–Kier alpha value is -3.35. The highest BCUT2D eigenvalue weighted by Crippen LogP contribution is 2.44. The fourth-order valence-electron chi connectivity index (χ4n) is 4.63. The van der Waals surface area contributed by atoms with Gasteiger partial charge in [-0.15, -0.1) is 0 Å². The van der Waals surface area contributed by atoms with Gasteiger partial charge in [-0.1, -0.05) is 55.0 Å². The highest BCUT2D eigenvalue weighted by atomic mass is 16.5. The maximum absolute atomic E-state index is 12.1. The molecule has 1 saturated carbocycles. The molecule has 0 bridgehead atoms. The Labute approximate surface area is 180 Å². The number of fused-ring (bicyclic) bond motifs is 3. The number of alkyl carbamates (subject to hydrolysis) is 1. The van der Waals surface area contributed by atoms with Crippen LogP contribution in [0.2, 0.25) is 0 Å². The van der Waals surface area contributed by atoms with E-state index in [9.17, 15) is 19.5 Å². The van der Waals surface area contributed by atoms with E-state index in [1.807, 2.05) is 24.3 Å². The second-order valence-corrected chi connectivity index (χ2v) is 8.05. The van der Waals surface area contributed by atoms with E-state index in [2.05, 4.69) is 34.9 Å². The molecule has 0 spiro atoms. The summed E-state index contributed by atoms with van der Waals surface area (Å²) in [4.78, 5) is 35.4. The predicted molar refractivity (Wildman–Crippen MR) is 115 cm³/mol. The molecule has 31 heavy (non-hydrogen) atoms. The lowest BCUT2D eigenvalue weighted by Crippen LogP contribution is -2.41. The Balaban J connectivity index is 1.24. The van der Waals surface area contributed by atoms with Crippen molar-refractivity contribution in [2.24, 2.45) is 5.92 Å². The largest absolute Gasteiger partial charge is 0.481 e. The minimum absolute atomic E-state index is 0.0169. The van der Waals surface area contributed by atoms with Gasteiger partial charge in [0.25, 0.3) is 0 Å². The fourth-order valence-corrected chi connectivity index (χ4v) is 4.63. The molecule has 2 aromatic carbocycles. The van der Waals surface area contributed by atoms with Crippen LogP contribution in [0.1, 0.15) is 42.7 Å². The van der Waals surface area contributed by atoms with Crippen molar-refractivity contribution in [2.45, 2.75) is 37.6 Å². The normalized spacial score (nSPS) is 19.4. The number of carbonyl (C=O) groups excluding carboxylic acids is 2. The van der Waals surface area contributed by atoms with Crippen LogP contribution in [0.5, 0.6) is 0 Å². The smallest absolute Gasteiger partial charge is 0.407 e. The van der Waals surface area contributed by atoms with Gasteiger partial charge in [-0.25, -0.2) is 4.79 Å². The first kappa shape index (κ1) is 20.9. The Bertz CT molecular complexity index is 944. The third-order valence-electron chi connectivity index (χ3n) is 6.14. The molecule has 0 saturated heterocycles. The number of nitrogens with one attached hydrogen (secondary N) is 2. The zero-order chi connectivity index (χ0) is 21.8. The van der Waals surface area contributed by atoms with E-state index in [0.717, 1.165) is 28.7 Å². The number of hydrogen-bond acceptors (Lipinski definition) is 4. The maximum Gasteiger partial charge on any atom is 0.407 e. The summed E-state index contributed by atoms with van der Waals surface area (Å²) in [5.41, 5.74) is 4.60. The van der Waals surface area contributed by atoms with Gasteiger partial charge in [0.05, 0.1) is 5.92 Å². The van der Waals surface area contributed by atoms with E-state index >= 15 is 0 Å². The van der Waals surface area contributed by atoms with Crippen LogP contribution >= 0.6 is 0 Å². The van der Waals surface area contributed by atoms with Gasteiger partial charge in [-0.05, 0) is 35.1 Å². The number of hydrogen-bond donors (Lipinski definition) is 3. The van der Waals surface area contributed by atoms with E-state index in [-0.39, 0.29) is 37.4 Å². The molecule has 7 heteroatoms. The zero-order valence-electron chi connectivity index (χ0n) is 17.2. The quantitative estimate of drug-likeness (QED) is 0.635. The first-order chi connectivity index (χ1) is 15.0. The van der Waals surface area contributed by atoms with Gasteiger partial charge in [0.15, 0.2) is 0 Å². The number of carboxylic acid groups (broad SMARTS) is 1. The summed E-state index contributed by atoms with van der Waals surface area (Å²) in [5.74, 6) is -1.69. The minimum atomic E-state index is -0.875. The summed E-state index contributed by atoms with van der Waals surface area (Å²) < 4.78 is 5.44. The van der Waals surface area contributed by atoms with Crippen LogP contribution in [-0.4, -0.2) is 42.3 Å². The SMILES string of the molecule is O=C(CCNC(=O)OCC1c2ccccc2-c2ccccc21)N[C@@H]1CCC[C@@H]1C(=O)O. The molecule has 1 fully saturated rings. The Morgan fingerprint density at radius 1 is 0.968 bits per heavy atom.